The number of likely N-dealkylation sites (tertiary alicyclic amines) is 1. The summed E-state index contributed by atoms with van der Waals surface area (Å²) in [7, 11) is 1.64. The van der Waals surface area contributed by atoms with Crippen molar-refractivity contribution in [3.05, 3.63) is 52.2 Å². The van der Waals surface area contributed by atoms with Gasteiger partial charge in [-0.3, -0.25) is 9.20 Å². The highest BCUT2D eigenvalue weighted by Crippen LogP contribution is 2.33. The Labute approximate surface area is 162 Å². The van der Waals surface area contributed by atoms with Crippen molar-refractivity contribution in [3.8, 4) is 0 Å². The van der Waals surface area contributed by atoms with Crippen LogP contribution in [0.3, 0.4) is 0 Å². The third-order valence-electron chi connectivity index (χ3n) is 5.66. The largest absolute Gasteiger partial charge is 0.350 e. The minimum Gasteiger partial charge on any atom is -0.339 e. The molecule has 0 radical (unpaired) electrons. The number of piperidine rings is 1. The first-order chi connectivity index (χ1) is 13.6. The molecule has 0 spiro atoms. The van der Waals surface area contributed by atoms with Gasteiger partial charge in [-0.15, -0.1) is 0 Å². The van der Waals surface area contributed by atoms with Crippen molar-refractivity contribution >= 4 is 23.1 Å². The van der Waals surface area contributed by atoms with Crippen molar-refractivity contribution < 1.29 is 4.79 Å². The van der Waals surface area contributed by atoms with Gasteiger partial charge in [0.1, 0.15) is 5.82 Å². The summed E-state index contributed by atoms with van der Waals surface area (Å²) < 4.78 is 2.85. The molecule has 8 heteroatoms. The lowest BCUT2D eigenvalue weighted by molar-refractivity contribution is 0.0724. The van der Waals surface area contributed by atoms with Gasteiger partial charge in [0.25, 0.3) is 5.91 Å². The molecular weight excluding hydrogens is 356 g/mol. The van der Waals surface area contributed by atoms with E-state index in [1.807, 2.05) is 23.1 Å². The maximum Gasteiger partial charge on any atom is 0.350 e. The molecule has 0 aromatic carbocycles. The Bertz CT molecular complexity index is 1130. The number of rotatable bonds is 2. The number of fused-ring (bicyclic) bond motifs is 2. The van der Waals surface area contributed by atoms with Crippen LogP contribution in [0.15, 0.2) is 35.4 Å². The summed E-state index contributed by atoms with van der Waals surface area (Å²) in [6, 6.07) is 5.79. The predicted molar refractivity (Wildman–Crippen MR) is 105 cm³/mol. The molecular formula is C20H22N6O2. The van der Waals surface area contributed by atoms with Crippen molar-refractivity contribution in [2.75, 3.05) is 24.5 Å². The van der Waals surface area contributed by atoms with E-state index in [4.69, 9.17) is 0 Å². The quantitative estimate of drug-likeness (QED) is 0.679. The molecule has 2 aliphatic heterocycles. The molecule has 2 aliphatic rings. The van der Waals surface area contributed by atoms with Crippen molar-refractivity contribution in [2.24, 2.45) is 7.05 Å². The van der Waals surface area contributed by atoms with Gasteiger partial charge in [-0.05, 0) is 43.4 Å². The Hall–Kier alpha value is -3.16. The fourth-order valence-corrected chi connectivity index (χ4v) is 4.15. The number of aromatic nitrogens is 4. The maximum absolute atomic E-state index is 12.8. The Morgan fingerprint density at radius 1 is 1.11 bits per heavy atom. The van der Waals surface area contributed by atoms with Gasteiger partial charge < -0.3 is 9.80 Å². The van der Waals surface area contributed by atoms with E-state index in [-0.39, 0.29) is 11.6 Å². The summed E-state index contributed by atoms with van der Waals surface area (Å²) in [6.07, 6.45) is 7.63. The molecule has 3 aromatic rings. The summed E-state index contributed by atoms with van der Waals surface area (Å²) in [6.45, 7) is 2.47. The minimum atomic E-state index is -0.164. The molecule has 5 heterocycles. The highest BCUT2D eigenvalue weighted by atomic mass is 16.2. The molecule has 0 N–H and O–H groups in total. The van der Waals surface area contributed by atoms with Gasteiger partial charge in [0.2, 0.25) is 0 Å². The smallest absolute Gasteiger partial charge is 0.339 e. The number of carbonyl (C=O) groups excluding carboxylic acids is 1. The standard InChI is InChI=1S/C20H22N6O2/c1-23-20(28)26-10-6-16(12-17(26)22-23)25-9-5-14-11-15(13-21-18(14)25)19(27)24-7-3-2-4-8-24/h6,10-13H,2-5,7-9H2,1H3. The number of hydrogen-bond donors (Lipinski definition) is 0. The van der Waals surface area contributed by atoms with Gasteiger partial charge in [0.05, 0.1) is 5.56 Å². The molecule has 8 nitrogen and oxygen atoms in total. The van der Waals surface area contributed by atoms with E-state index in [1.165, 1.54) is 15.5 Å². The first-order valence-corrected chi connectivity index (χ1v) is 9.73. The third kappa shape index (κ3) is 2.67. The zero-order valence-electron chi connectivity index (χ0n) is 15.8. The number of nitrogens with zero attached hydrogens (tertiary/aromatic N) is 6. The van der Waals surface area contributed by atoms with E-state index < -0.39 is 0 Å². The molecule has 28 heavy (non-hydrogen) atoms. The van der Waals surface area contributed by atoms with Crippen molar-refractivity contribution in [1.29, 1.82) is 0 Å². The van der Waals surface area contributed by atoms with Crippen molar-refractivity contribution in [1.82, 2.24) is 24.1 Å². The van der Waals surface area contributed by atoms with Gasteiger partial charge in [0.15, 0.2) is 5.65 Å². The zero-order chi connectivity index (χ0) is 19.3. The number of aryl methyl sites for hydroxylation is 1. The number of anilines is 2. The summed E-state index contributed by atoms with van der Waals surface area (Å²) in [5.41, 5.74) is 3.15. The third-order valence-corrected chi connectivity index (χ3v) is 5.66. The second-order valence-electron chi connectivity index (χ2n) is 7.48. The Kier molecular flexibility index (Phi) is 3.92. The molecule has 0 bridgehead atoms. The molecule has 0 unspecified atom stereocenters. The lowest BCUT2D eigenvalue weighted by Gasteiger charge is -2.26. The van der Waals surface area contributed by atoms with Crippen LogP contribution in [0.25, 0.3) is 5.65 Å². The monoisotopic (exact) mass is 378 g/mol. The summed E-state index contributed by atoms with van der Waals surface area (Å²) in [4.78, 5) is 33.4. The van der Waals surface area contributed by atoms with Crippen LogP contribution in [0.5, 0.6) is 0 Å². The van der Waals surface area contributed by atoms with Crippen LogP contribution < -0.4 is 10.6 Å². The van der Waals surface area contributed by atoms with Crippen LogP contribution in [0, 0.1) is 0 Å². The number of hydrogen-bond acceptors (Lipinski definition) is 5. The molecule has 1 amide bonds. The highest BCUT2D eigenvalue weighted by Gasteiger charge is 2.25. The minimum absolute atomic E-state index is 0.0859. The Morgan fingerprint density at radius 2 is 1.93 bits per heavy atom. The van der Waals surface area contributed by atoms with Crippen LogP contribution in [0.4, 0.5) is 11.5 Å². The van der Waals surface area contributed by atoms with E-state index in [9.17, 15) is 9.59 Å². The molecule has 1 saturated heterocycles. The van der Waals surface area contributed by atoms with Crippen LogP contribution in [-0.2, 0) is 13.5 Å². The van der Waals surface area contributed by atoms with Gasteiger partial charge in [-0.1, -0.05) is 0 Å². The van der Waals surface area contributed by atoms with Crippen molar-refractivity contribution in [2.45, 2.75) is 25.7 Å². The van der Waals surface area contributed by atoms with Gasteiger partial charge in [0, 0.05) is 50.8 Å². The van der Waals surface area contributed by atoms with E-state index in [0.29, 0.717) is 11.2 Å². The molecule has 0 aliphatic carbocycles. The average Bonchev–Trinajstić information content (AvgIpc) is 3.28. The van der Waals surface area contributed by atoms with Crippen molar-refractivity contribution in [3.63, 3.8) is 0 Å². The fraction of sp³-hybridized carbons (Fsp3) is 0.400. The first-order valence-electron chi connectivity index (χ1n) is 9.73. The second-order valence-corrected chi connectivity index (χ2v) is 7.48. The van der Waals surface area contributed by atoms with Crippen LogP contribution in [-0.4, -0.2) is 49.6 Å². The summed E-state index contributed by atoms with van der Waals surface area (Å²) >= 11 is 0. The Balaban J connectivity index is 1.45. The van der Waals surface area contributed by atoms with Gasteiger partial charge in [-0.25, -0.2) is 14.5 Å². The van der Waals surface area contributed by atoms with Crippen LogP contribution in [0.1, 0.15) is 35.2 Å². The van der Waals surface area contributed by atoms with Gasteiger partial charge >= 0.3 is 5.69 Å². The number of pyridine rings is 2. The SMILES string of the molecule is Cn1nc2cc(N3CCc4cc(C(=O)N5CCCCC5)cnc43)ccn2c1=O. The molecule has 1 fully saturated rings. The topological polar surface area (TPSA) is 75.7 Å². The predicted octanol–water partition coefficient (Wildman–Crippen LogP) is 1.75. The molecule has 5 rings (SSSR count). The molecule has 0 atom stereocenters. The van der Waals surface area contributed by atoms with E-state index in [0.717, 1.165) is 56.0 Å². The van der Waals surface area contributed by atoms with E-state index in [2.05, 4.69) is 15.0 Å². The highest BCUT2D eigenvalue weighted by molar-refractivity contribution is 5.94. The fourth-order valence-electron chi connectivity index (χ4n) is 4.15. The normalized spacial score (nSPS) is 16.6. The van der Waals surface area contributed by atoms with Gasteiger partial charge in [-0.2, -0.15) is 5.10 Å². The van der Waals surface area contributed by atoms with E-state index in [1.54, 1.807) is 19.4 Å². The summed E-state index contributed by atoms with van der Waals surface area (Å²) in [5, 5.41) is 4.26. The maximum atomic E-state index is 12.8. The Morgan fingerprint density at radius 3 is 2.75 bits per heavy atom. The first kappa shape index (κ1) is 17.0. The lowest BCUT2D eigenvalue weighted by Crippen LogP contribution is -2.35. The molecule has 0 saturated carbocycles. The molecule has 144 valence electrons. The van der Waals surface area contributed by atoms with Crippen LogP contribution >= 0.6 is 0 Å². The van der Waals surface area contributed by atoms with E-state index >= 15 is 0 Å². The molecule has 3 aromatic heterocycles. The summed E-state index contributed by atoms with van der Waals surface area (Å²) in [5.74, 6) is 0.959. The zero-order valence-corrected chi connectivity index (χ0v) is 15.8. The van der Waals surface area contributed by atoms with Crippen LogP contribution in [0.2, 0.25) is 0 Å². The number of amides is 1. The number of carbonyl (C=O) groups is 1. The lowest BCUT2D eigenvalue weighted by atomic mass is 10.1. The average molecular weight is 378 g/mol. The second kappa shape index (κ2) is 6.47.